The lowest BCUT2D eigenvalue weighted by molar-refractivity contribution is -0.149. The highest BCUT2D eigenvalue weighted by Crippen LogP contribution is 2.42. The van der Waals surface area contributed by atoms with Crippen LogP contribution in [0.2, 0.25) is 10.0 Å². The minimum atomic E-state index is -1.10. The van der Waals surface area contributed by atoms with E-state index in [0.717, 1.165) is 0 Å². The number of hydrogen-bond donors (Lipinski definition) is 0. The van der Waals surface area contributed by atoms with Gasteiger partial charge in [0.1, 0.15) is 6.17 Å². The molecule has 10 heteroatoms. The molecule has 1 aromatic heterocycles. The lowest BCUT2D eigenvalue weighted by atomic mass is 10.1. The van der Waals surface area contributed by atoms with Crippen molar-refractivity contribution in [2.24, 2.45) is 0 Å². The number of nitrogens with zero attached hydrogens (tertiary/aromatic N) is 3. The van der Waals surface area contributed by atoms with Gasteiger partial charge in [-0.05, 0) is 28.9 Å². The molecule has 2 atom stereocenters. The molecule has 0 saturated carbocycles. The van der Waals surface area contributed by atoms with E-state index in [1.54, 1.807) is 17.6 Å². The summed E-state index contributed by atoms with van der Waals surface area (Å²) >= 11 is 15.9. The van der Waals surface area contributed by atoms with Gasteiger partial charge in [-0.2, -0.15) is 0 Å². The number of benzene rings is 1. The molecule has 28 heavy (non-hydrogen) atoms. The number of fused-ring (bicyclic) bond motifs is 2. The standard InChI is InChI=1S/C18H15BrCl2FN3O3/c1-2-28-18(27)16(15-12-3-8(22)5-24(12)7-23-15)25-6-9-11(20)4-10(19)14(21)13(9)17(25)26/h4,7-8,16H,2-3,5-6H2,1H3/t8-,16?/m1/s1. The summed E-state index contributed by atoms with van der Waals surface area (Å²) < 4.78 is 21.2. The summed E-state index contributed by atoms with van der Waals surface area (Å²) in [5.74, 6) is -1.07. The Morgan fingerprint density at radius 3 is 2.96 bits per heavy atom. The zero-order valence-electron chi connectivity index (χ0n) is 14.7. The molecule has 1 unspecified atom stereocenters. The van der Waals surface area contributed by atoms with Crippen molar-refractivity contribution in [1.29, 1.82) is 0 Å². The third-order valence-corrected chi connectivity index (χ3v) is 6.53. The van der Waals surface area contributed by atoms with Crippen molar-refractivity contribution in [3.63, 3.8) is 0 Å². The monoisotopic (exact) mass is 489 g/mol. The highest BCUT2D eigenvalue weighted by Gasteiger charge is 2.44. The fourth-order valence-electron chi connectivity index (χ4n) is 3.73. The SMILES string of the molecule is CCOC(=O)C(c1ncn2c1C[C@@H](F)C2)N1Cc2c(Cl)cc(Br)c(Cl)c2C1=O. The number of hydrogen-bond acceptors (Lipinski definition) is 4. The highest BCUT2D eigenvalue weighted by atomic mass is 79.9. The Balaban J connectivity index is 1.79. The second kappa shape index (κ2) is 7.31. The van der Waals surface area contributed by atoms with Gasteiger partial charge in [0.25, 0.3) is 5.91 Å². The number of carbonyl (C=O) groups excluding carboxylic acids is 2. The largest absolute Gasteiger partial charge is 0.464 e. The predicted molar refractivity (Wildman–Crippen MR) is 104 cm³/mol. The summed E-state index contributed by atoms with van der Waals surface area (Å²) in [7, 11) is 0. The van der Waals surface area contributed by atoms with E-state index >= 15 is 0 Å². The molecule has 4 rings (SSSR count). The van der Waals surface area contributed by atoms with E-state index in [0.29, 0.717) is 26.4 Å². The molecule has 0 fully saturated rings. The summed E-state index contributed by atoms with van der Waals surface area (Å²) in [5.41, 5.74) is 1.70. The average Bonchev–Trinajstić information content (AvgIpc) is 3.28. The van der Waals surface area contributed by atoms with E-state index in [-0.39, 0.29) is 36.7 Å². The first-order chi connectivity index (χ1) is 13.3. The molecule has 0 bridgehead atoms. The molecule has 148 valence electrons. The number of halogens is 4. The number of esters is 1. The molecule has 6 nitrogen and oxygen atoms in total. The molecule has 2 aromatic rings. The summed E-state index contributed by atoms with van der Waals surface area (Å²) in [6.07, 6.45) is 0.569. The van der Waals surface area contributed by atoms with Crippen molar-refractivity contribution in [2.45, 2.75) is 38.6 Å². The molecule has 0 radical (unpaired) electrons. The average molecular weight is 491 g/mol. The van der Waals surface area contributed by atoms with Crippen LogP contribution in [-0.2, 0) is 29.0 Å². The summed E-state index contributed by atoms with van der Waals surface area (Å²) in [6.45, 7) is 2.07. The minimum absolute atomic E-state index is 0.0782. The zero-order chi connectivity index (χ0) is 20.2. The molecule has 2 aliphatic rings. The van der Waals surface area contributed by atoms with Crippen LogP contribution in [0.15, 0.2) is 16.9 Å². The van der Waals surface area contributed by atoms with E-state index in [2.05, 4.69) is 20.9 Å². The van der Waals surface area contributed by atoms with E-state index in [1.165, 1.54) is 11.2 Å². The second-order valence-corrected chi connectivity index (χ2v) is 8.27. The van der Waals surface area contributed by atoms with Crippen molar-refractivity contribution in [1.82, 2.24) is 14.5 Å². The number of alkyl halides is 1. The Morgan fingerprint density at radius 1 is 1.50 bits per heavy atom. The van der Waals surface area contributed by atoms with Gasteiger partial charge in [-0.25, -0.2) is 14.2 Å². The van der Waals surface area contributed by atoms with E-state index in [4.69, 9.17) is 27.9 Å². The maximum atomic E-state index is 13.9. The minimum Gasteiger partial charge on any atom is -0.464 e. The third-order valence-electron chi connectivity index (χ3n) is 4.94. The van der Waals surface area contributed by atoms with Crippen molar-refractivity contribution >= 4 is 51.0 Å². The van der Waals surface area contributed by atoms with Crippen LogP contribution in [0.25, 0.3) is 0 Å². The topological polar surface area (TPSA) is 64.4 Å². The van der Waals surface area contributed by atoms with Crippen molar-refractivity contribution in [3.8, 4) is 0 Å². The highest BCUT2D eigenvalue weighted by molar-refractivity contribution is 9.10. The van der Waals surface area contributed by atoms with Gasteiger partial charge in [0.2, 0.25) is 0 Å². The van der Waals surface area contributed by atoms with Crippen molar-refractivity contribution in [2.75, 3.05) is 6.61 Å². The number of carbonyl (C=O) groups is 2. The molecule has 2 aliphatic heterocycles. The van der Waals surface area contributed by atoms with Crippen LogP contribution in [-0.4, -0.2) is 39.1 Å². The molecular formula is C18H15BrCl2FN3O3. The lowest BCUT2D eigenvalue weighted by Gasteiger charge is -2.25. The first-order valence-electron chi connectivity index (χ1n) is 8.65. The molecule has 1 amide bonds. The quantitative estimate of drug-likeness (QED) is 0.478. The Bertz CT molecular complexity index is 997. The molecule has 1 aromatic carbocycles. The van der Waals surface area contributed by atoms with Crippen LogP contribution in [0.4, 0.5) is 4.39 Å². The smallest absolute Gasteiger partial charge is 0.335 e. The Hall–Kier alpha value is -1.64. The fourth-order valence-corrected chi connectivity index (χ4v) is 4.80. The summed E-state index contributed by atoms with van der Waals surface area (Å²) in [6, 6.07) is 0.508. The van der Waals surface area contributed by atoms with Gasteiger partial charge in [0, 0.05) is 33.7 Å². The number of imidazole rings is 1. The maximum absolute atomic E-state index is 13.9. The van der Waals surface area contributed by atoms with Crippen LogP contribution < -0.4 is 0 Å². The van der Waals surface area contributed by atoms with Gasteiger partial charge in [-0.1, -0.05) is 23.2 Å². The number of ether oxygens (including phenoxy) is 1. The van der Waals surface area contributed by atoms with Crippen molar-refractivity contribution < 1.29 is 18.7 Å². The van der Waals surface area contributed by atoms with E-state index in [9.17, 15) is 14.0 Å². The van der Waals surface area contributed by atoms with E-state index < -0.39 is 24.1 Å². The Kier molecular flexibility index (Phi) is 5.14. The lowest BCUT2D eigenvalue weighted by Crippen LogP contribution is -2.36. The third kappa shape index (κ3) is 3.02. The molecule has 0 aliphatic carbocycles. The Labute approximate surface area is 178 Å². The van der Waals surface area contributed by atoms with Crippen molar-refractivity contribution in [3.05, 3.63) is 49.4 Å². The van der Waals surface area contributed by atoms with Gasteiger partial charge in [0.05, 0.1) is 35.8 Å². The number of amides is 1. The normalized spacial score (nSPS) is 19.0. The van der Waals surface area contributed by atoms with Gasteiger partial charge >= 0.3 is 5.97 Å². The maximum Gasteiger partial charge on any atom is 0.335 e. The van der Waals surface area contributed by atoms with Gasteiger partial charge in [0.15, 0.2) is 6.04 Å². The zero-order valence-corrected chi connectivity index (χ0v) is 17.8. The first kappa shape index (κ1) is 19.7. The second-order valence-electron chi connectivity index (χ2n) is 6.63. The number of rotatable bonds is 4. The van der Waals surface area contributed by atoms with Gasteiger partial charge in [-0.15, -0.1) is 0 Å². The van der Waals surface area contributed by atoms with Gasteiger partial charge in [-0.3, -0.25) is 4.79 Å². The summed E-state index contributed by atoms with van der Waals surface area (Å²) in [5, 5.41) is 0.594. The number of aromatic nitrogens is 2. The molecular weight excluding hydrogens is 476 g/mol. The Morgan fingerprint density at radius 2 is 2.25 bits per heavy atom. The van der Waals surface area contributed by atoms with Crippen LogP contribution in [0.1, 0.15) is 40.3 Å². The van der Waals surface area contributed by atoms with Crippen LogP contribution in [0.3, 0.4) is 0 Å². The molecule has 0 N–H and O–H groups in total. The summed E-state index contributed by atoms with van der Waals surface area (Å²) in [4.78, 5) is 31.6. The van der Waals surface area contributed by atoms with Crippen LogP contribution in [0, 0.1) is 0 Å². The predicted octanol–water partition coefficient (Wildman–Crippen LogP) is 4.11. The van der Waals surface area contributed by atoms with Crippen LogP contribution in [0.5, 0.6) is 0 Å². The van der Waals surface area contributed by atoms with Crippen LogP contribution >= 0.6 is 39.1 Å². The molecule has 3 heterocycles. The van der Waals surface area contributed by atoms with Gasteiger partial charge < -0.3 is 14.2 Å². The molecule has 0 saturated heterocycles. The molecule has 0 spiro atoms. The van der Waals surface area contributed by atoms with E-state index in [1.807, 2.05) is 0 Å². The fraction of sp³-hybridized carbons (Fsp3) is 0.389. The first-order valence-corrected chi connectivity index (χ1v) is 10.2.